The molecule has 1 aromatic heterocycles. The normalized spacial score (nSPS) is 15.0. The van der Waals surface area contributed by atoms with E-state index in [1.165, 1.54) is 12.1 Å². The first-order chi connectivity index (χ1) is 13.6. The summed E-state index contributed by atoms with van der Waals surface area (Å²) >= 11 is 6.00. The second-order valence-electron chi connectivity index (χ2n) is 6.57. The minimum absolute atomic E-state index is 0.111. The largest absolute Gasteiger partial charge is 0.336 e. The zero-order valence-corrected chi connectivity index (χ0v) is 15.8. The lowest BCUT2D eigenvalue weighted by Gasteiger charge is -2.34. The van der Waals surface area contributed by atoms with Crippen molar-refractivity contribution in [1.82, 2.24) is 19.9 Å². The van der Waals surface area contributed by atoms with Gasteiger partial charge in [0.2, 0.25) is 0 Å². The average Bonchev–Trinajstić information content (AvgIpc) is 3.17. The summed E-state index contributed by atoms with van der Waals surface area (Å²) in [4.78, 5) is 20.7. The molecule has 0 spiro atoms. The van der Waals surface area contributed by atoms with Crippen LogP contribution in [0.4, 0.5) is 4.39 Å². The summed E-state index contributed by atoms with van der Waals surface area (Å²) in [6.45, 7) is 2.87. The lowest BCUT2D eigenvalue weighted by molar-refractivity contribution is 0.0620. The zero-order chi connectivity index (χ0) is 19.5. The van der Waals surface area contributed by atoms with E-state index in [1.807, 2.05) is 12.1 Å². The molecule has 28 heavy (non-hydrogen) atoms. The smallest absolute Gasteiger partial charge is 0.258 e. The molecule has 0 atom stereocenters. The van der Waals surface area contributed by atoms with E-state index >= 15 is 0 Å². The van der Waals surface area contributed by atoms with E-state index in [9.17, 15) is 9.18 Å². The Morgan fingerprint density at radius 3 is 2.64 bits per heavy atom. The Morgan fingerprint density at radius 1 is 1.11 bits per heavy atom. The molecule has 1 amide bonds. The molecule has 0 radical (unpaired) electrons. The highest BCUT2D eigenvalue weighted by Crippen LogP contribution is 2.21. The van der Waals surface area contributed by atoms with E-state index in [-0.39, 0.29) is 11.5 Å². The molecule has 1 aliphatic rings. The van der Waals surface area contributed by atoms with E-state index < -0.39 is 5.82 Å². The molecule has 4 rings (SSSR count). The predicted molar refractivity (Wildman–Crippen MR) is 102 cm³/mol. The van der Waals surface area contributed by atoms with Gasteiger partial charge in [0.05, 0.1) is 12.1 Å². The third-order valence-electron chi connectivity index (χ3n) is 4.67. The topological polar surface area (TPSA) is 62.5 Å². The average molecular weight is 401 g/mol. The summed E-state index contributed by atoms with van der Waals surface area (Å²) in [7, 11) is 0. The number of hydrogen-bond acceptors (Lipinski definition) is 5. The van der Waals surface area contributed by atoms with Crippen molar-refractivity contribution in [2.75, 3.05) is 26.2 Å². The third kappa shape index (κ3) is 4.05. The maximum Gasteiger partial charge on any atom is 0.258 e. The molecule has 2 aromatic carbocycles. The van der Waals surface area contributed by atoms with Gasteiger partial charge in [0, 0.05) is 36.8 Å². The minimum Gasteiger partial charge on any atom is -0.336 e. The van der Waals surface area contributed by atoms with Crippen LogP contribution in [0.25, 0.3) is 11.5 Å². The third-order valence-corrected chi connectivity index (χ3v) is 4.90. The second kappa shape index (κ2) is 8.08. The van der Waals surface area contributed by atoms with Gasteiger partial charge in [-0.05, 0) is 30.3 Å². The lowest BCUT2D eigenvalue weighted by Crippen LogP contribution is -2.48. The molecule has 0 unspecified atom stereocenters. The van der Waals surface area contributed by atoms with Crippen LogP contribution in [0.5, 0.6) is 0 Å². The van der Waals surface area contributed by atoms with Gasteiger partial charge in [-0.3, -0.25) is 9.69 Å². The summed E-state index contributed by atoms with van der Waals surface area (Å²) in [6, 6.07) is 13.3. The standard InChI is InChI=1S/C20H18ClFN4O2/c21-15-5-3-4-14(12-15)19-23-18(24-28-19)13-25-8-10-26(11-9-25)20(27)16-6-1-2-7-17(16)22/h1-7,12H,8-11,13H2. The number of carbonyl (C=O) groups is 1. The highest BCUT2D eigenvalue weighted by molar-refractivity contribution is 6.30. The number of rotatable bonds is 4. The minimum atomic E-state index is -0.490. The Kier molecular flexibility index (Phi) is 5.36. The zero-order valence-electron chi connectivity index (χ0n) is 15.0. The molecular weight excluding hydrogens is 383 g/mol. The lowest BCUT2D eigenvalue weighted by atomic mass is 10.1. The van der Waals surface area contributed by atoms with Crippen LogP contribution in [0.2, 0.25) is 5.02 Å². The van der Waals surface area contributed by atoms with E-state index in [2.05, 4.69) is 15.0 Å². The molecular formula is C20H18ClFN4O2. The summed E-state index contributed by atoms with van der Waals surface area (Å²) in [6.07, 6.45) is 0. The second-order valence-corrected chi connectivity index (χ2v) is 7.01. The molecule has 0 N–H and O–H groups in total. The summed E-state index contributed by atoms with van der Waals surface area (Å²) in [5, 5.41) is 4.63. The quantitative estimate of drug-likeness (QED) is 0.671. The van der Waals surface area contributed by atoms with Gasteiger partial charge in [-0.15, -0.1) is 0 Å². The van der Waals surface area contributed by atoms with Crippen LogP contribution < -0.4 is 0 Å². The van der Waals surface area contributed by atoms with Crippen molar-refractivity contribution < 1.29 is 13.7 Å². The number of amides is 1. The summed E-state index contributed by atoms with van der Waals surface area (Å²) in [5.74, 6) is 0.227. The van der Waals surface area contributed by atoms with Crippen LogP contribution >= 0.6 is 11.6 Å². The first-order valence-corrected chi connectivity index (χ1v) is 9.32. The van der Waals surface area contributed by atoms with Crippen LogP contribution in [0, 0.1) is 5.82 Å². The van der Waals surface area contributed by atoms with Crippen LogP contribution in [0.1, 0.15) is 16.2 Å². The molecule has 2 heterocycles. The number of aromatic nitrogens is 2. The van der Waals surface area contributed by atoms with Crippen LogP contribution in [-0.2, 0) is 6.54 Å². The maximum absolute atomic E-state index is 13.8. The monoisotopic (exact) mass is 400 g/mol. The fourth-order valence-electron chi connectivity index (χ4n) is 3.17. The Morgan fingerprint density at radius 2 is 1.89 bits per heavy atom. The van der Waals surface area contributed by atoms with Crippen molar-refractivity contribution in [3.63, 3.8) is 0 Å². The fourth-order valence-corrected chi connectivity index (χ4v) is 3.36. The Balaban J connectivity index is 1.35. The van der Waals surface area contributed by atoms with Gasteiger partial charge in [-0.25, -0.2) is 4.39 Å². The van der Waals surface area contributed by atoms with Crippen LogP contribution in [0.15, 0.2) is 53.1 Å². The number of hydrogen-bond donors (Lipinski definition) is 0. The predicted octanol–water partition coefficient (Wildman–Crippen LogP) is 3.49. The van der Waals surface area contributed by atoms with Crippen molar-refractivity contribution in [3.8, 4) is 11.5 Å². The first kappa shape index (κ1) is 18.6. The molecule has 0 aliphatic carbocycles. The van der Waals surface area contributed by atoms with Crippen molar-refractivity contribution in [2.45, 2.75) is 6.54 Å². The van der Waals surface area contributed by atoms with Crippen LogP contribution in [-0.4, -0.2) is 52.0 Å². The van der Waals surface area contributed by atoms with Gasteiger partial charge >= 0.3 is 0 Å². The number of nitrogens with zero attached hydrogens (tertiary/aromatic N) is 4. The van der Waals surface area contributed by atoms with Gasteiger partial charge in [-0.2, -0.15) is 4.98 Å². The van der Waals surface area contributed by atoms with E-state index in [0.29, 0.717) is 49.5 Å². The van der Waals surface area contributed by atoms with Crippen LogP contribution in [0.3, 0.4) is 0 Å². The van der Waals surface area contributed by atoms with Gasteiger partial charge in [0.1, 0.15) is 5.82 Å². The van der Waals surface area contributed by atoms with Crippen molar-refractivity contribution in [1.29, 1.82) is 0 Å². The summed E-state index contributed by atoms with van der Waals surface area (Å²) < 4.78 is 19.2. The first-order valence-electron chi connectivity index (χ1n) is 8.95. The molecule has 3 aromatic rings. The molecule has 144 valence electrons. The highest BCUT2D eigenvalue weighted by atomic mass is 35.5. The number of piperazine rings is 1. The molecule has 0 bridgehead atoms. The Labute approximate surface area is 166 Å². The maximum atomic E-state index is 13.8. The molecule has 6 nitrogen and oxygen atoms in total. The molecule has 1 fully saturated rings. The molecule has 1 aliphatic heterocycles. The molecule has 1 saturated heterocycles. The SMILES string of the molecule is O=C(c1ccccc1F)N1CCN(Cc2noc(-c3cccc(Cl)c3)n2)CC1. The van der Waals surface area contributed by atoms with Gasteiger partial charge in [-0.1, -0.05) is 35.0 Å². The number of benzene rings is 2. The van der Waals surface area contributed by atoms with E-state index in [1.54, 1.807) is 29.2 Å². The van der Waals surface area contributed by atoms with Gasteiger partial charge in [0.25, 0.3) is 11.8 Å². The number of halogens is 2. The van der Waals surface area contributed by atoms with E-state index in [0.717, 1.165) is 5.56 Å². The molecule has 8 heteroatoms. The van der Waals surface area contributed by atoms with Crippen molar-refractivity contribution >= 4 is 17.5 Å². The highest BCUT2D eigenvalue weighted by Gasteiger charge is 2.24. The molecule has 0 saturated carbocycles. The Hall–Kier alpha value is -2.77. The Bertz CT molecular complexity index is 986. The van der Waals surface area contributed by atoms with Crippen molar-refractivity contribution in [3.05, 3.63) is 70.8 Å². The fraction of sp³-hybridized carbons (Fsp3) is 0.250. The summed E-state index contributed by atoms with van der Waals surface area (Å²) in [5.41, 5.74) is 0.881. The van der Waals surface area contributed by atoms with Gasteiger partial charge in [0.15, 0.2) is 5.82 Å². The van der Waals surface area contributed by atoms with E-state index in [4.69, 9.17) is 16.1 Å². The number of carbonyl (C=O) groups excluding carboxylic acids is 1. The van der Waals surface area contributed by atoms with Crippen molar-refractivity contribution in [2.24, 2.45) is 0 Å². The van der Waals surface area contributed by atoms with Gasteiger partial charge < -0.3 is 9.42 Å².